The van der Waals surface area contributed by atoms with Gasteiger partial charge in [-0.1, -0.05) is 101 Å². The number of amides is 1. The lowest BCUT2D eigenvalue weighted by Gasteiger charge is -2.25. The third-order valence-corrected chi connectivity index (χ3v) is 10.9. The zero-order valence-corrected chi connectivity index (χ0v) is 30.8. The molecule has 0 spiro atoms. The number of halogens is 2. The molecule has 0 saturated carbocycles. The van der Waals surface area contributed by atoms with E-state index in [1.165, 1.54) is 23.8 Å². The maximum Gasteiger partial charge on any atom is 0.296 e. The number of carbonyl (C=O) groups is 2. The number of methoxy groups -OCH3 is 1. The van der Waals surface area contributed by atoms with Gasteiger partial charge in [0, 0.05) is 21.2 Å². The Morgan fingerprint density at radius 2 is 1.79 bits per heavy atom. The molecular weight excluding hydrogens is 745 g/mol. The maximum absolute atomic E-state index is 14.3. The highest BCUT2D eigenvalue weighted by Crippen LogP contribution is 2.46. The number of anilines is 1. The monoisotopic (exact) mass is 773 g/mol. The number of ether oxygens (including phenoxy) is 3. The van der Waals surface area contributed by atoms with Crippen molar-refractivity contribution in [1.29, 1.82) is 0 Å². The molecule has 0 radical (unpaired) electrons. The molecule has 1 aliphatic heterocycles. The Hall–Kier alpha value is -5.01. The fourth-order valence-corrected chi connectivity index (χ4v) is 8.17. The van der Waals surface area contributed by atoms with Gasteiger partial charge in [0.2, 0.25) is 10.9 Å². The number of aliphatic hydroxyl groups excluding tert-OH is 1. The van der Waals surface area contributed by atoms with Crippen LogP contribution in [0.4, 0.5) is 5.13 Å². The lowest BCUT2D eigenvalue weighted by Crippen LogP contribution is -2.31. The molecule has 2 aromatic heterocycles. The average Bonchev–Trinajstić information content (AvgIpc) is 3.87. The van der Waals surface area contributed by atoms with Gasteiger partial charge in [0.25, 0.3) is 5.91 Å². The molecule has 1 unspecified atom stereocenters. The van der Waals surface area contributed by atoms with Gasteiger partial charge in [-0.2, -0.15) is 0 Å². The predicted octanol–water partition coefficient (Wildman–Crippen LogP) is 9.65. The molecule has 1 N–H and O–H groups in total. The van der Waals surface area contributed by atoms with Crippen molar-refractivity contribution in [2.75, 3.05) is 18.6 Å². The number of para-hydroxylation sites is 1. The topological polar surface area (TPSA) is 124 Å². The SMILES string of the molecule is CCOc1cc(C2C(C(=O)c3cc4cccc(OC)c4o3)=C(O)C(=O)N2c2nnc(SCc3ccc(Cl)cc3Cl)s2)ccc1OCc1ccccc1. The summed E-state index contributed by atoms with van der Waals surface area (Å²) >= 11 is 14.9. The van der Waals surface area contributed by atoms with Gasteiger partial charge in [0.15, 0.2) is 38.7 Å². The Labute approximate surface area is 316 Å². The first-order valence-corrected chi connectivity index (χ1v) is 18.5. The van der Waals surface area contributed by atoms with Crippen LogP contribution in [0, 0.1) is 0 Å². The molecule has 6 aromatic rings. The Morgan fingerprint density at radius 1 is 0.962 bits per heavy atom. The summed E-state index contributed by atoms with van der Waals surface area (Å²) in [7, 11) is 1.50. The van der Waals surface area contributed by atoms with E-state index in [-0.39, 0.29) is 16.5 Å². The van der Waals surface area contributed by atoms with Crippen molar-refractivity contribution in [2.45, 2.75) is 29.7 Å². The molecular formula is C38H29Cl2N3O7S2. The Balaban J connectivity index is 1.27. The van der Waals surface area contributed by atoms with Crippen LogP contribution in [-0.4, -0.2) is 40.7 Å². The number of rotatable bonds is 13. The fraction of sp³-hybridized carbons (Fsp3) is 0.158. The summed E-state index contributed by atoms with van der Waals surface area (Å²) in [4.78, 5) is 29.6. The quantitative estimate of drug-likeness (QED) is 0.0689. The van der Waals surface area contributed by atoms with Gasteiger partial charge in [-0.15, -0.1) is 10.2 Å². The lowest BCUT2D eigenvalue weighted by atomic mass is 9.95. The molecule has 1 atom stereocenters. The minimum Gasteiger partial charge on any atom is -0.503 e. The zero-order chi connectivity index (χ0) is 36.4. The normalized spacial score (nSPS) is 14.3. The standard InChI is InChI=1S/C38H29Cl2N3O7S2/c1-3-48-29-16-22(13-15-27(29)49-19-21-8-5-4-6-9-21)32-31(33(44)30-17-23-10-7-11-28(47-2)35(23)50-30)34(45)36(46)43(32)37-41-42-38(52-37)51-20-24-12-14-25(39)18-26(24)40/h4-18,32,45H,3,19-20H2,1-2H3. The highest BCUT2D eigenvalue weighted by atomic mass is 35.5. The summed E-state index contributed by atoms with van der Waals surface area (Å²) in [5.74, 6) is -0.569. The Kier molecular flexibility index (Phi) is 10.4. The molecule has 0 fully saturated rings. The summed E-state index contributed by atoms with van der Waals surface area (Å²) in [6.07, 6.45) is 0. The second-order valence-electron chi connectivity index (χ2n) is 11.4. The number of aromatic nitrogens is 2. The molecule has 0 bridgehead atoms. The first kappa shape index (κ1) is 35.4. The molecule has 0 aliphatic carbocycles. The van der Waals surface area contributed by atoms with Crippen LogP contribution in [0.15, 0.2) is 111 Å². The number of hydrogen-bond donors (Lipinski definition) is 1. The van der Waals surface area contributed by atoms with Gasteiger partial charge in [-0.05, 0) is 60.0 Å². The third-order valence-electron chi connectivity index (χ3n) is 8.19. The van der Waals surface area contributed by atoms with Crippen LogP contribution in [0.5, 0.6) is 17.2 Å². The summed E-state index contributed by atoms with van der Waals surface area (Å²) < 4.78 is 24.1. The van der Waals surface area contributed by atoms with Crippen molar-refractivity contribution in [3.05, 3.63) is 135 Å². The average molecular weight is 775 g/mol. The summed E-state index contributed by atoms with van der Waals surface area (Å²) in [5.41, 5.74) is 2.43. The molecule has 3 heterocycles. The van der Waals surface area contributed by atoms with Gasteiger partial charge >= 0.3 is 0 Å². The molecule has 264 valence electrons. The highest BCUT2D eigenvalue weighted by molar-refractivity contribution is 8.00. The van der Waals surface area contributed by atoms with Crippen LogP contribution >= 0.6 is 46.3 Å². The van der Waals surface area contributed by atoms with E-state index in [4.69, 9.17) is 41.8 Å². The largest absolute Gasteiger partial charge is 0.503 e. The molecule has 10 nitrogen and oxygen atoms in total. The van der Waals surface area contributed by atoms with E-state index in [0.717, 1.165) is 22.5 Å². The predicted molar refractivity (Wildman–Crippen MR) is 201 cm³/mol. The van der Waals surface area contributed by atoms with Crippen molar-refractivity contribution in [3.8, 4) is 17.2 Å². The number of aliphatic hydroxyl groups is 1. The van der Waals surface area contributed by atoms with E-state index in [2.05, 4.69) is 10.2 Å². The zero-order valence-electron chi connectivity index (χ0n) is 27.7. The van der Waals surface area contributed by atoms with E-state index in [1.54, 1.807) is 54.6 Å². The Bertz CT molecular complexity index is 2330. The van der Waals surface area contributed by atoms with Gasteiger partial charge in [-0.25, -0.2) is 0 Å². The second kappa shape index (κ2) is 15.3. The van der Waals surface area contributed by atoms with Crippen LogP contribution in [0.1, 0.15) is 40.2 Å². The lowest BCUT2D eigenvalue weighted by molar-refractivity contribution is -0.117. The van der Waals surface area contributed by atoms with Crippen molar-refractivity contribution in [3.63, 3.8) is 0 Å². The third kappa shape index (κ3) is 7.07. The molecule has 14 heteroatoms. The first-order valence-electron chi connectivity index (χ1n) is 16.0. The van der Waals surface area contributed by atoms with E-state index < -0.39 is 23.5 Å². The van der Waals surface area contributed by atoms with E-state index in [0.29, 0.717) is 67.1 Å². The number of thioether (sulfide) groups is 1. The van der Waals surface area contributed by atoms with Crippen LogP contribution in [0.2, 0.25) is 10.0 Å². The fourth-order valence-electron chi connectivity index (χ4n) is 5.75. The number of ketones is 1. The number of nitrogens with zero attached hydrogens (tertiary/aromatic N) is 3. The molecule has 0 saturated heterocycles. The molecule has 4 aromatic carbocycles. The number of hydrogen-bond acceptors (Lipinski definition) is 11. The number of fused-ring (bicyclic) bond motifs is 1. The number of Topliss-reactive ketones (excluding diaryl/α,β-unsaturated/α-hetero) is 1. The second-order valence-corrected chi connectivity index (χ2v) is 14.5. The molecule has 52 heavy (non-hydrogen) atoms. The summed E-state index contributed by atoms with van der Waals surface area (Å²) in [6.45, 7) is 2.45. The van der Waals surface area contributed by atoms with Crippen LogP contribution in [0.3, 0.4) is 0 Å². The number of carbonyl (C=O) groups excluding carboxylic acids is 2. The first-order chi connectivity index (χ1) is 25.2. The van der Waals surface area contributed by atoms with Crippen molar-refractivity contribution >= 4 is 74.1 Å². The van der Waals surface area contributed by atoms with Crippen LogP contribution < -0.4 is 19.1 Å². The molecule has 7 rings (SSSR count). The van der Waals surface area contributed by atoms with E-state index >= 15 is 0 Å². The van der Waals surface area contributed by atoms with Crippen LogP contribution in [0.25, 0.3) is 11.0 Å². The van der Waals surface area contributed by atoms with E-state index in [1.807, 2.05) is 43.3 Å². The van der Waals surface area contributed by atoms with E-state index in [9.17, 15) is 14.7 Å². The van der Waals surface area contributed by atoms with Gasteiger partial charge in [0.1, 0.15) is 6.61 Å². The van der Waals surface area contributed by atoms with Gasteiger partial charge in [0.05, 0.1) is 25.3 Å². The van der Waals surface area contributed by atoms with Gasteiger partial charge < -0.3 is 23.7 Å². The van der Waals surface area contributed by atoms with Crippen molar-refractivity contribution in [2.24, 2.45) is 0 Å². The van der Waals surface area contributed by atoms with Crippen LogP contribution in [-0.2, 0) is 17.2 Å². The summed E-state index contributed by atoms with van der Waals surface area (Å²) in [5, 5.41) is 21.9. The van der Waals surface area contributed by atoms with Crippen molar-refractivity contribution in [1.82, 2.24) is 10.2 Å². The van der Waals surface area contributed by atoms with Gasteiger partial charge in [-0.3, -0.25) is 14.5 Å². The summed E-state index contributed by atoms with van der Waals surface area (Å²) in [6, 6.07) is 25.7. The number of furan rings is 1. The smallest absolute Gasteiger partial charge is 0.296 e. The minimum absolute atomic E-state index is 0.0816. The highest BCUT2D eigenvalue weighted by Gasteiger charge is 2.47. The molecule has 1 amide bonds. The number of benzene rings is 4. The minimum atomic E-state index is -1.13. The van der Waals surface area contributed by atoms with Crippen molar-refractivity contribution < 1.29 is 33.3 Å². The molecule has 1 aliphatic rings. The maximum atomic E-state index is 14.3. The Morgan fingerprint density at radius 3 is 2.56 bits per heavy atom.